The van der Waals surface area contributed by atoms with Crippen molar-refractivity contribution in [2.45, 2.75) is 11.1 Å². The van der Waals surface area contributed by atoms with Crippen LogP contribution in [0.2, 0.25) is 0 Å². The van der Waals surface area contributed by atoms with Crippen LogP contribution in [0.4, 0.5) is 27.6 Å². The van der Waals surface area contributed by atoms with Crippen molar-refractivity contribution in [2.75, 3.05) is 11.9 Å². The van der Waals surface area contributed by atoms with Gasteiger partial charge in [0, 0.05) is 13.2 Å². The fraction of sp³-hybridized carbons (Fsp3) is 0.214. The highest BCUT2D eigenvalue weighted by Gasteiger charge is 2.31. The lowest BCUT2D eigenvalue weighted by Crippen LogP contribution is -2.33. The molecule has 1 heterocycles. The minimum Gasteiger partial charge on any atom is -0.345 e. The smallest absolute Gasteiger partial charge is 0.345 e. The van der Waals surface area contributed by atoms with Crippen LogP contribution in [-0.2, 0) is 17.1 Å². The average Bonchev–Trinajstić information content (AvgIpc) is 2.92. The second-order valence-electron chi connectivity index (χ2n) is 5.17. The number of hydrogen-bond acceptors (Lipinski definition) is 3. The molecule has 0 spiro atoms. The zero-order valence-corrected chi connectivity index (χ0v) is 13.9. The zero-order chi connectivity index (χ0) is 19.7. The lowest BCUT2D eigenvalue weighted by atomic mass is 10.3. The van der Waals surface area contributed by atoms with Gasteiger partial charge in [-0.1, -0.05) is 6.07 Å². The minimum absolute atomic E-state index is 0.291. The lowest BCUT2D eigenvalue weighted by molar-refractivity contribution is -0.121. The third kappa shape index (κ3) is 4.58. The number of halogens is 5. The first-order chi connectivity index (χ1) is 11.9. The molecule has 1 aromatic heterocycles. The molecular weight excluding hydrogens is 385 g/mol. The van der Waals surface area contributed by atoms with E-state index in [1.54, 1.807) is 0 Å². The third-order valence-corrected chi connectivity index (χ3v) is 4.55. The molecule has 0 unspecified atom stereocenters. The van der Waals surface area contributed by atoms with Gasteiger partial charge in [-0.15, -0.1) is 0 Å². The van der Waals surface area contributed by atoms with Crippen LogP contribution < -0.4 is 10.0 Å². The largest absolute Gasteiger partial charge is 0.402 e. The number of hydrogen-bond donors (Lipinski definition) is 2. The first-order valence-electron chi connectivity index (χ1n) is 6.89. The highest BCUT2D eigenvalue weighted by Crippen LogP contribution is 2.20. The Morgan fingerprint density at radius 3 is 2.50 bits per heavy atom. The molecule has 0 saturated heterocycles. The summed E-state index contributed by atoms with van der Waals surface area (Å²) in [5.74, 6) is -3.49. The highest BCUT2D eigenvalue weighted by atomic mass is 32.2. The SMILES string of the molecule is Cn1cc(S(=O)(=O)NCC(F)(F)F)cc1C(=O)Nc1cccc(F)c1F. The Kier molecular flexibility index (Phi) is 5.37. The third-order valence-electron chi connectivity index (χ3n) is 3.19. The maximum atomic E-state index is 13.6. The molecule has 12 heteroatoms. The number of nitrogens with zero attached hydrogens (tertiary/aromatic N) is 1. The Bertz CT molecular complexity index is 938. The molecule has 0 fully saturated rings. The van der Waals surface area contributed by atoms with E-state index in [9.17, 15) is 35.2 Å². The first-order valence-corrected chi connectivity index (χ1v) is 8.37. The summed E-state index contributed by atoms with van der Waals surface area (Å²) < 4.78 is 89.3. The van der Waals surface area contributed by atoms with Crippen molar-refractivity contribution in [3.8, 4) is 0 Å². The van der Waals surface area contributed by atoms with Crippen molar-refractivity contribution in [3.05, 3.63) is 47.8 Å². The summed E-state index contributed by atoms with van der Waals surface area (Å²) in [5, 5.41) is 2.06. The molecule has 2 rings (SSSR count). The maximum Gasteiger partial charge on any atom is 0.402 e. The number of rotatable bonds is 5. The number of nitrogens with one attached hydrogen (secondary N) is 2. The lowest BCUT2D eigenvalue weighted by Gasteiger charge is -2.07. The molecule has 0 aliphatic heterocycles. The van der Waals surface area contributed by atoms with Crippen molar-refractivity contribution in [1.29, 1.82) is 0 Å². The summed E-state index contributed by atoms with van der Waals surface area (Å²) in [6, 6.07) is 3.88. The fourth-order valence-corrected chi connectivity index (χ4v) is 3.04. The number of amides is 1. The topological polar surface area (TPSA) is 80.2 Å². The molecule has 1 amide bonds. The van der Waals surface area contributed by atoms with Crippen LogP contribution in [0.3, 0.4) is 0 Å². The second kappa shape index (κ2) is 7.03. The van der Waals surface area contributed by atoms with Gasteiger partial charge in [0.2, 0.25) is 10.0 Å². The van der Waals surface area contributed by atoms with Crippen molar-refractivity contribution >= 4 is 21.6 Å². The second-order valence-corrected chi connectivity index (χ2v) is 6.93. The van der Waals surface area contributed by atoms with Crippen LogP contribution in [0.25, 0.3) is 0 Å². The summed E-state index contributed by atoms with van der Waals surface area (Å²) in [7, 11) is -3.26. The van der Waals surface area contributed by atoms with E-state index in [0.717, 1.165) is 35.0 Å². The monoisotopic (exact) mass is 397 g/mol. The number of carbonyl (C=O) groups is 1. The Hall–Kier alpha value is -2.47. The average molecular weight is 397 g/mol. The van der Waals surface area contributed by atoms with Gasteiger partial charge in [0.1, 0.15) is 17.1 Å². The Labute approximate surface area is 144 Å². The Morgan fingerprint density at radius 1 is 1.23 bits per heavy atom. The maximum absolute atomic E-state index is 13.6. The van der Waals surface area contributed by atoms with Gasteiger partial charge in [-0.2, -0.15) is 13.2 Å². The molecule has 0 atom stereocenters. The van der Waals surface area contributed by atoms with E-state index in [1.807, 2.05) is 0 Å². The van der Waals surface area contributed by atoms with Gasteiger partial charge in [-0.25, -0.2) is 21.9 Å². The van der Waals surface area contributed by atoms with Gasteiger partial charge in [-0.05, 0) is 18.2 Å². The first kappa shape index (κ1) is 19.8. The summed E-state index contributed by atoms with van der Waals surface area (Å²) >= 11 is 0. The van der Waals surface area contributed by atoms with Crippen LogP contribution in [0, 0.1) is 11.6 Å². The molecular formula is C14H12F5N3O3S. The van der Waals surface area contributed by atoms with Crippen LogP contribution >= 0.6 is 0 Å². The molecule has 2 aromatic rings. The highest BCUT2D eigenvalue weighted by molar-refractivity contribution is 7.89. The van der Waals surface area contributed by atoms with E-state index in [4.69, 9.17) is 0 Å². The number of aryl methyl sites for hydroxylation is 1. The normalized spacial score (nSPS) is 12.2. The molecule has 2 N–H and O–H groups in total. The number of anilines is 1. The minimum atomic E-state index is -4.75. The molecule has 6 nitrogen and oxygen atoms in total. The predicted molar refractivity (Wildman–Crippen MR) is 81.0 cm³/mol. The number of benzene rings is 1. The summed E-state index contributed by atoms with van der Waals surface area (Å²) in [4.78, 5) is 11.6. The van der Waals surface area contributed by atoms with Crippen LogP contribution in [0.1, 0.15) is 10.5 Å². The number of carbonyl (C=O) groups excluding carboxylic acids is 1. The number of alkyl halides is 3. The standard InChI is InChI=1S/C14H12F5N3O3S/c1-22-6-8(26(24,25)20-7-14(17,18)19)5-11(22)13(23)21-10-4-2-3-9(15)12(10)16/h2-6,20H,7H2,1H3,(H,21,23). The fourth-order valence-electron chi connectivity index (χ4n) is 1.95. The molecule has 1 aromatic carbocycles. The number of sulfonamides is 1. The van der Waals surface area contributed by atoms with E-state index >= 15 is 0 Å². The van der Waals surface area contributed by atoms with Crippen molar-refractivity contribution in [3.63, 3.8) is 0 Å². The van der Waals surface area contributed by atoms with Crippen molar-refractivity contribution < 1.29 is 35.2 Å². The number of aromatic nitrogens is 1. The van der Waals surface area contributed by atoms with E-state index in [2.05, 4.69) is 5.32 Å². The molecule has 0 aliphatic carbocycles. The van der Waals surface area contributed by atoms with Gasteiger partial charge < -0.3 is 9.88 Å². The predicted octanol–water partition coefficient (Wildman–Crippen LogP) is 2.40. The van der Waals surface area contributed by atoms with Crippen molar-refractivity contribution in [2.24, 2.45) is 7.05 Å². The molecule has 0 bridgehead atoms. The van der Waals surface area contributed by atoms with Crippen LogP contribution in [0.15, 0.2) is 35.4 Å². The zero-order valence-electron chi connectivity index (χ0n) is 13.1. The van der Waals surface area contributed by atoms with E-state index in [-0.39, 0.29) is 5.69 Å². The Balaban J connectivity index is 2.24. The van der Waals surface area contributed by atoms with Gasteiger partial charge in [0.05, 0.1) is 5.69 Å². The Morgan fingerprint density at radius 2 is 1.88 bits per heavy atom. The van der Waals surface area contributed by atoms with Gasteiger partial charge in [0.15, 0.2) is 11.6 Å². The molecule has 0 aliphatic rings. The van der Waals surface area contributed by atoms with E-state index in [0.29, 0.717) is 0 Å². The molecule has 0 saturated carbocycles. The van der Waals surface area contributed by atoms with E-state index in [1.165, 1.54) is 11.8 Å². The quantitative estimate of drug-likeness (QED) is 0.761. The molecule has 26 heavy (non-hydrogen) atoms. The van der Waals surface area contributed by atoms with Crippen LogP contribution in [0.5, 0.6) is 0 Å². The molecule has 0 radical (unpaired) electrons. The van der Waals surface area contributed by atoms with Crippen molar-refractivity contribution in [1.82, 2.24) is 9.29 Å². The summed E-state index contributed by atoms with van der Waals surface area (Å²) in [5.41, 5.74) is -0.767. The van der Waals surface area contributed by atoms with Crippen LogP contribution in [-0.4, -0.2) is 31.6 Å². The summed E-state index contributed by atoms with van der Waals surface area (Å²) in [6.45, 7) is -1.78. The molecule has 142 valence electrons. The van der Waals surface area contributed by atoms with Gasteiger partial charge >= 0.3 is 6.18 Å². The summed E-state index contributed by atoms with van der Waals surface area (Å²) in [6.07, 6.45) is -3.84. The van der Waals surface area contributed by atoms with Gasteiger partial charge in [-0.3, -0.25) is 4.79 Å². The van der Waals surface area contributed by atoms with Gasteiger partial charge in [0.25, 0.3) is 5.91 Å². The van der Waals surface area contributed by atoms with E-state index < -0.39 is 50.9 Å².